The molecule has 0 amide bonds. The van der Waals surface area contributed by atoms with Crippen LogP contribution in [0.15, 0.2) is 22.8 Å². The molecule has 2 unspecified atom stereocenters. The number of nitrogens with zero attached hydrogens (tertiary/aromatic N) is 1. The highest BCUT2D eigenvalue weighted by atomic mass is 16.5. The Labute approximate surface area is 108 Å². The molecule has 2 rings (SSSR count). The second-order valence-electron chi connectivity index (χ2n) is 4.56. The molecule has 1 saturated heterocycles. The van der Waals surface area contributed by atoms with Crippen molar-refractivity contribution < 1.29 is 13.9 Å². The van der Waals surface area contributed by atoms with E-state index in [2.05, 4.69) is 10.2 Å². The maximum atomic E-state index is 5.41. The summed E-state index contributed by atoms with van der Waals surface area (Å²) in [5.41, 5.74) is 0. The first-order valence-electron chi connectivity index (χ1n) is 6.34. The normalized spacial score (nSPS) is 24.8. The number of hydrogen-bond acceptors (Lipinski definition) is 5. The van der Waals surface area contributed by atoms with Gasteiger partial charge in [0.25, 0.3) is 0 Å². The van der Waals surface area contributed by atoms with E-state index in [9.17, 15) is 0 Å². The molecule has 18 heavy (non-hydrogen) atoms. The lowest BCUT2D eigenvalue weighted by Gasteiger charge is -2.14. The summed E-state index contributed by atoms with van der Waals surface area (Å²) in [6.07, 6.45) is 2.09. The zero-order valence-corrected chi connectivity index (χ0v) is 11.1. The molecule has 0 bridgehead atoms. The van der Waals surface area contributed by atoms with E-state index >= 15 is 0 Å². The van der Waals surface area contributed by atoms with Crippen LogP contribution in [0.2, 0.25) is 0 Å². The number of methoxy groups -OCH3 is 2. The largest absolute Gasteiger partial charge is 0.468 e. The fourth-order valence-corrected chi connectivity index (χ4v) is 2.32. The van der Waals surface area contributed by atoms with Crippen molar-refractivity contribution in [2.45, 2.75) is 18.8 Å². The van der Waals surface area contributed by atoms with Crippen molar-refractivity contribution in [1.29, 1.82) is 0 Å². The second kappa shape index (κ2) is 6.89. The standard InChI is InChI=1S/C13H22N2O3/c1-16-12-9-15(10-13(12)17-2)6-5-14-8-11-4-3-7-18-11/h3-4,7,12-14H,5-6,8-10H2,1-2H3. The molecule has 5 nitrogen and oxygen atoms in total. The van der Waals surface area contributed by atoms with Crippen molar-refractivity contribution in [3.05, 3.63) is 24.2 Å². The van der Waals surface area contributed by atoms with Crippen LogP contribution >= 0.6 is 0 Å². The molecule has 1 aromatic heterocycles. The molecular weight excluding hydrogens is 232 g/mol. The van der Waals surface area contributed by atoms with Crippen LogP contribution in [0.1, 0.15) is 5.76 Å². The molecule has 1 aromatic rings. The van der Waals surface area contributed by atoms with Gasteiger partial charge in [0.1, 0.15) is 5.76 Å². The number of ether oxygens (including phenoxy) is 2. The van der Waals surface area contributed by atoms with Gasteiger partial charge >= 0.3 is 0 Å². The summed E-state index contributed by atoms with van der Waals surface area (Å²) >= 11 is 0. The number of furan rings is 1. The van der Waals surface area contributed by atoms with Crippen molar-refractivity contribution in [3.8, 4) is 0 Å². The van der Waals surface area contributed by atoms with E-state index in [0.717, 1.165) is 38.5 Å². The van der Waals surface area contributed by atoms with Gasteiger partial charge in [-0.3, -0.25) is 4.90 Å². The van der Waals surface area contributed by atoms with Gasteiger partial charge in [-0.2, -0.15) is 0 Å². The van der Waals surface area contributed by atoms with Crippen LogP contribution in [-0.2, 0) is 16.0 Å². The highest BCUT2D eigenvalue weighted by molar-refractivity contribution is 4.97. The molecule has 5 heteroatoms. The Kier molecular flexibility index (Phi) is 5.19. The summed E-state index contributed by atoms with van der Waals surface area (Å²) in [5, 5.41) is 3.36. The molecule has 102 valence electrons. The van der Waals surface area contributed by atoms with Gasteiger partial charge in [0.05, 0.1) is 25.0 Å². The van der Waals surface area contributed by atoms with Crippen molar-refractivity contribution in [2.24, 2.45) is 0 Å². The predicted molar refractivity (Wildman–Crippen MR) is 68.4 cm³/mol. The molecule has 0 aromatic carbocycles. The lowest BCUT2D eigenvalue weighted by Crippen LogP contribution is -2.31. The smallest absolute Gasteiger partial charge is 0.117 e. The highest BCUT2D eigenvalue weighted by Gasteiger charge is 2.32. The van der Waals surface area contributed by atoms with Gasteiger partial charge in [0.2, 0.25) is 0 Å². The fourth-order valence-electron chi connectivity index (χ4n) is 2.32. The van der Waals surface area contributed by atoms with Gasteiger partial charge in [-0.25, -0.2) is 0 Å². The molecule has 0 saturated carbocycles. The topological polar surface area (TPSA) is 46.9 Å². The summed E-state index contributed by atoms with van der Waals surface area (Å²) in [5.74, 6) is 0.973. The van der Waals surface area contributed by atoms with Gasteiger partial charge in [-0.15, -0.1) is 0 Å². The van der Waals surface area contributed by atoms with Crippen molar-refractivity contribution in [3.63, 3.8) is 0 Å². The Morgan fingerprint density at radius 3 is 2.61 bits per heavy atom. The molecule has 1 fully saturated rings. The minimum absolute atomic E-state index is 0.195. The Morgan fingerprint density at radius 2 is 2.06 bits per heavy atom. The first-order valence-corrected chi connectivity index (χ1v) is 6.34. The lowest BCUT2D eigenvalue weighted by molar-refractivity contribution is -0.00461. The molecule has 0 aliphatic carbocycles. The SMILES string of the molecule is COC1CN(CCNCc2ccco2)CC1OC. The minimum atomic E-state index is 0.195. The van der Waals surface area contributed by atoms with Crippen LogP contribution < -0.4 is 5.32 Å². The van der Waals surface area contributed by atoms with Crippen LogP contribution in [0.25, 0.3) is 0 Å². The summed E-state index contributed by atoms with van der Waals surface area (Å²) in [4.78, 5) is 2.36. The van der Waals surface area contributed by atoms with E-state index in [1.807, 2.05) is 12.1 Å². The summed E-state index contributed by atoms with van der Waals surface area (Å²) in [7, 11) is 3.49. The molecule has 2 heterocycles. The second-order valence-corrected chi connectivity index (χ2v) is 4.56. The maximum absolute atomic E-state index is 5.41. The number of rotatable bonds is 7. The van der Waals surface area contributed by atoms with Crippen LogP contribution in [0.3, 0.4) is 0 Å². The van der Waals surface area contributed by atoms with Crippen molar-refractivity contribution >= 4 is 0 Å². The Balaban J connectivity index is 1.62. The lowest BCUT2D eigenvalue weighted by atomic mass is 10.3. The summed E-state index contributed by atoms with van der Waals surface area (Å²) in [6.45, 7) is 4.60. The average molecular weight is 254 g/mol. The third-order valence-electron chi connectivity index (χ3n) is 3.38. The third-order valence-corrected chi connectivity index (χ3v) is 3.38. The summed E-state index contributed by atoms with van der Waals surface area (Å²) in [6, 6.07) is 3.88. The van der Waals surface area contributed by atoms with Gasteiger partial charge in [0.15, 0.2) is 0 Å². The van der Waals surface area contributed by atoms with Crippen LogP contribution in [0.5, 0.6) is 0 Å². The van der Waals surface area contributed by atoms with Crippen LogP contribution in [-0.4, -0.2) is 57.5 Å². The molecular formula is C13H22N2O3. The van der Waals surface area contributed by atoms with E-state index in [4.69, 9.17) is 13.9 Å². The number of nitrogens with one attached hydrogen (secondary N) is 1. The van der Waals surface area contributed by atoms with Crippen molar-refractivity contribution in [1.82, 2.24) is 10.2 Å². The first kappa shape index (κ1) is 13.5. The highest BCUT2D eigenvalue weighted by Crippen LogP contribution is 2.14. The molecule has 0 spiro atoms. The van der Waals surface area contributed by atoms with Gasteiger partial charge in [-0.05, 0) is 12.1 Å². The average Bonchev–Trinajstić information content (AvgIpc) is 3.03. The first-order chi connectivity index (χ1) is 8.83. The molecule has 0 radical (unpaired) electrons. The van der Waals surface area contributed by atoms with E-state index < -0.39 is 0 Å². The van der Waals surface area contributed by atoms with Crippen molar-refractivity contribution in [2.75, 3.05) is 40.4 Å². The predicted octanol–water partition coefficient (Wildman–Crippen LogP) is 0.715. The van der Waals surface area contributed by atoms with E-state index in [-0.39, 0.29) is 12.2 Å². The van der Waals surface area contributed by atoms with E-state index in [0.29, 0.717) is 0 Å². The fraction of sp³-hybridized carbons (Fsp3) is 0.692. The third kappa shape index (κ3) is 3.55. The van der Waals surface area contributed by atoms with Crippen LogP contribution in [0, 0.1) is 0 Å². The molecule has 1 aliphatic rings. The zero-order chi connectivity index (χ0) is 12.8. The Hall–Kier alpha value is -0.880. The van der Waals surface area contributed by atoms with E-state index in [1.165, 1.54) is 0 Å². The molecule has 2 atom stereocenters. The van der Waals surface area contributed by atoms with Gasteiger partial charge < -0.3 is 19.2 Å². The quantitative estimate of drug-likeness (QED) is 0.726. The number of hydrogen-bond donors (Lipinski definition) is 1. The van der Waals surface area contributed by atoms with E-state index in [1.54, 1.807) is 20.5 Å². The zero-order valence-electron chi connectivity index (χ0n) is 11.1. The Bertz CT molecular complexity index is 317. The van der Waals surface area contributed by atoms with Gasteiger partial charge in [-0.1, -0.05) is 0 Å². The molecule has 1 aliphatic heterocycles. The maximum Gasteiger partial charge on any atom is 0.117 e. The Morgan fingerprint density at radius 1 is 1.33 bits per heavy atom. The van der Waals surface area contributed by atoms with Gasteiger partial charge in [0, 0.05) is 40.4 Å². The molecule has 1 N–H and O–H groups in total. The monoisotopic (exact) mass is 254 g/mol. The summed E-state index contributed by atoms with van der Waals surface area (Å²) < 4.78 is 16.1. The minimum Gasteiger partial charge on any atom is -0.468 e. The van der Waals surface area contributed by atoms with Crippen LogP contribution in [0.4, 0.5) is 0 Å². The number of likely N-dealkylation sites (tertiary alicyclic amines) is 1.